The third-order valence-electron chi connectivity index (χ3n) is 1.66. The average molecular weight is 229 g/mol. The van der Waals surface area contributed by atoms with Gasteiger partial charge in [-0.3, -0.25) is 9.59 Å². The second-order valence-electron chi connectivity index (χ2n) is 2.81. The van der Waals surface area contributed by atoms with Gasteiger partial charge in [-0.1, -0.05) is 11.6 Å². The lowest BCUT2D eigenvalue weighted by Gasteiger charge is -2.05. The van der Waals surface area contributed by atoms with E-state index in [4.69, 9.17) is 22.4 Å². The van der Waals surface area contributed by atoms with Gasteiger partial charge in [0.1, 0.15) is 6.54 Å². The normalized spacial score (nSPS) is 9.67. The van der Waals surface area contributed by atoms with Crippen molar-refractivity contribution in [1.82, 2.24) is 5.32 Å². The predicted molar refractivity (Wildman–Crippen MR) is 55.8 cm³/mol. The predicted octanol–water partition coefficient (Wildman–Crippen LogP) is 0.737. The third kappa shape index (κ3) is 3.14. The molecule has 0 atom stereocenters. The number of nitrogen functional groups attached to an aromatic ring is 1. The molecule has 0 unspecified atom stereocenters. The molecule has 0 heterocycles. The number of amides is 1. The molecule has 0 bridgehead atoms. The highest BCUT2D eigenvalue weighted by atomic mass is 35.5. The molecule has 0 radical (unpaired) electrons. The van der Waals surface area contributed by atoms with Crippen LogP contribution in [0.25, 0.3) is 0 Å². The summed E-state index contributed by atoms with van der Waals surface area (Å²) in [6.45, 7) is -0.444. The maximum Gasteiger partial charge on any atom is 0.322 e. The van der Waals surface area contributed by atoms with E-state index in [2.05, 4.69) is 5.32 Å². The molecule has 0 fully saturated rings. The molecular weight excluding hydrogens is 220 g/mol. The number of carbonyl (C=O) groups is 2. The summed E-state index contributed by atoms with van der Waals surface area (Å²) in [5.41, 5.74) is 5.96. The molecule has 0 saturated carbocycles. The van der Waals surface area contributed by atoms with Gasteiger partial charge in [0, 0.05) is 10.7 Å². The summed E-state index contributed by atoms with van der Waals surface area (Å²) in [4.78, 5) is 21.6. The van der Waals surface area contributed by atoms with Crippen LogP contribution in [0.5, 0.6) is 0 Å². The number of carbonyl (C=O) groups excluding carboxylic acids is 1. The first-order valence-electron chi connectivity index (χ1n) is 4.05. The molecule has 0 aliphatic rings. The van der Waals surface area contributed by atoms with E-state index in [1.54, 1.807) is 0 Å². The summed E-state index contributed by atoms with van der Waals surface area (Å²) in [6, 6.07) is 4.37. The molecule has 4 N–H and O–H groups in total. The molecule has 1 amide bonds. The molecule has 80 valence electrons. The molecule has 0 aliphatic carbocycles. The first kappa shape index (κ1) is 11.3. The number of nitrogens with two attached hydrogens (primary N) is 1. The van der Waals surface area contributed by atoms with Crippen molar-refractivity contribution in [3.63, 3.8) is 0 Å². The fourth-order valence-corrected chi connectivity index (χ4v) is 1.17. The minimum Gasteiger partial charge on any atom is -0.480 e. The number of carboxylic acid groups (broad SMARTS) is 1. The third-order valence-corrected chi connectivity index (χ3v) is 1.89. The Morgan fingerprint density at radius 1 is 1.47 bits per heavy atom. The van der Waals surface area contributed by atoms with Crippen molar-refractivity contribution in [2.75, 3.05) is 12.3 Å². The summed E-state index contributed by atoms with van der Waals surface area (Å²) < 4.78 is 0. The van der Waals surface area contributed by atoms with Gasteiger partial charge < -0.3 is 16.2 Å². The van der Waals surface area contributed by atoms with E-state index in [9.17, 15) is 9.59 Å². The van der Waals surface area contributed by atoms with Gasteiger partial charge in [0.25, 0.3) is 5.91 Å². The summed E-state index contributed by atoms with van der Waals surface area (Å²) in [5.74, 6) is -1.65. The summed E-state index contributed by atoms with van der Waals surface area (Å²) >= 11 is 5.64. The molecule has 0 saturated heterocycles. The van der Waals surface area contributed by atoms with E-state index in [0.717, 1.165) is 0 Å². The lowest BCUT2D eigenvalue weighted by atomic mass is 10.1. The Morgan fingerprint density at radius 2 is 2.13 bits per heavy atom. The van der Waals surface area contributed by atoms with E-state index in [-0.39, 0.29) is 11.3 Å². The Bertz CT molecular complexity index is 406. The Balaban J connectivity index is 2.78. The van der Waals surface area contributed by atoms with E-state index < -0.39 is 18.4 Å². The average Bonchev–Trinajstić information content (AvgIpc) is 2.14. The quantitative estimate of drug-likeness (QED) is 0.665. The van der Waals surface area contributed by atoms with Crippen LogP contribution in [0.2, 0.25) is 5.02 Å². The van der Waals surface area contributed by atoms with E-state index in [1.165, 1.54) is 18.2 Å². The first-order chi connectivity index (χ1) is 7.00. The van der Waals surface area contributed by atoms with Gasteiger partial charge >= 0.3 is 5.97 Å². The lowest BCUT2D eigenvalue weighted by Crippen LogP contribution is -2.29. The van der Waals surface area contributed by atoms with Gasteiger partial charge in [0.15, 0.2) is 0 Å². The van der Waals surface area contributed by atoms with E-state index in [0.29, 0.717) is 5.02 Å². The lowest BCUT2D eigenvalue weighted by molar-refractivity contribution is -0.135. The van der Waals surface area contributed by atoms with Crippen molar-refractivity contribution in [3.05, 3.63) is 28.8 Å². The van der Waals surface area contributed by atoms with Gasteiger partial charge in [-0.05, 0) is 18.2 Å². The number of aliphatic carboxylic acids is 1. The smallest absolute Gasteiger partial charge is 0.322 e. The molecule has 0 aromatic heterocycles. The molecule has 5 nitrogen and oxygen atoms in total. The SMILES string of the molecule is Nc1cc(Cl)ccc1C(=O)NCC(=O)O. The standard InChI is InChI=1S/C9H9ClN2O3/c10-5-1-2-6(7(11)3-5)9(15)12-4-8(13)14/h1-3H,4,11H2,(H,12,15)(H,13,14). The molecule has 0 spiro atoms. The number of anilines is 1. The summed E-state index contributed by atoms with van der Waals surface area (Å²) in [5, 5.41) is 11.0. The fraction of sp³-hybridized carbons (Fsp3) is 0.111. The zero-order valence-electron chi connectivity index (χ0n) is 7.66. The maximum absolute atomic E-state index is 11.4. The van der Waals surface area contributed by atoms with Crippen molar-refractivity contribution in [1.29, 1.82) is 0 Å². The largest absolute Gasteiger partial charge is 0.480 e. The number of benzene rings is 1. The summed E-state index contributed by atoms with van der Waals surface area (Å²) in [7, 11) is 0. The fourth-order valence-electron chi connectivity index (χ4n) is 0.991. The molecule has 0 aliphatic heterocycles. The van der Waals surface area contributed by atoms with Crippen molar-refractivity contribution in [2.24, 2.45) is 0 Å². The van der Waals surface area contributed by atoms with Crippen molar-refractivity contribution < 1.29 is 14.7 Å². The highest BCUT2D eigenvalue weighted by Gasteiger charge is 2.10. The zero-order chi connectivity index (χ0) is 11.4. The van der Waals surface area contributed by atoms with Crippen LogP contribution in [-0.2, 0) is 4.79 Å². The van der Waals surface area contributed by atoms with Crippen LogP contribution in [0.15, 0.2) is 18.2 Å². The van der Waals surface area contributed by atoms with E-state index >= 15 is 0 Å². The molecular formula is C9H9ClN2O3. The molecule has 1 aromatic rings. The van der Waals surface area contributed by atoms with Gasteiger partial charge in [-0.15, -0.1) is 0 Å². The van der Waals surface area contributed by atoms with Gasteiger partial charge in [-0.25, -0.2) is 0 Å². The molecule has 1 rings (SSSR count). The maximum atomic E-state index is 11.4. The van der Waals surface area contributed by atoms with Crippen LogP contribution in [0, 0.1) is 0 Å². The van der Waals surface area contributed by atoms with Gasteiger partial charge in [0.2, 0.25) is 0 Å². The minimum atomic E-state index is -1.11. The summed E-state index contributed by atoms with van der Waals surface area (Å²) in [6.07, 6.45) is 0. The van der Waals surface area contributed by atoms with Crippen molar-refractivity contribution >= 4 is 29.2 Å². The van der Waals surface area contributed by atoms with Crippen LogP contribution >= 0.6 is 11.6 Å². The minimum absolute atomic E-state index is 0.209. The van der Waals surface area contributed by atoms with Crippen molar-refractivity contribution in [2.45, 2.75) is 0 Å². The topological polar surface area (TPSA) is 92.4 Å². The second-order valence-corrected chi connectivity index (χ2v) is 3.24. The number of hydrogen-bond acceptors (Lipinski definition) is 3. The highest BCUT2D eigenvalue weighted by Crippen LogP contribution is 2.17. The van der Waals surface area contributed by atoms with Crippen molar-refractivity contribution in [3.8, 4) is 0 Å². The highest BCUT2D eigenvalue weighted by molar-refractivity contribution is 6.31. The second kappa shape index (κ2) is 4.65. The number of nitrogens with one attached hydrogen (secondary N) is 1. The van der Waals surface area contributed by atoms with Crippen LogP contribution in [-0.4, -0.2) is 23.5 Å². The monoisotopic (exact) mass is 228 g/mol. The van der Waals surface area contributed by atoms with Gasteiger partial charge in [0.05, 0.1) is 5.56 Å². The Kier molecular flexibility index (Phi) is 3.51. The number of rotatable bonds is 3. The Labute approximate surface area is 90.8 Å². The van der Waals surface area contributed by atoms with Crippen LogP contribution in [0.4, 0.5) is 5.69 Å². The number of hydrogen-bond donors (Lipinski definition) is 3. The van der Waals surface area contributed by atoms with Crippen LogP contribution < -0.4 is 11.1 Å². The van der Waals surface area contributed by atoms with E-state index in [1.807, 2.05) is 0 Å². The molecule has 6 heteroatoms. The van der Waals surface area contributed by atoms with Crippen LogP contribution in [0.3, 0.4) is 0 Å². The Hall–Kier alpha value is -1.75. The number of carboxylic acids is 1. The van der Waals surface area contributed by atoms with Gasteiger partial charge in [-0.2, -0.15) is 0 Å². The Morgan fingerprint density at radius 3 is 2.67 bits per heavy atom. The number of halogens is 1. The first-order valence-corrected chi connectivity index (χ1v) is 4.43. The molecule has 15 heavy (non-hydrogen) atoms. The van der Waals surface area contributed by atoms with Crippen LogP contribution in [0.1, 0.15) is 10.4 Å². The zero-order valence-corrected chi connectivity index (χ0v) is 8.41. The molecule has 1 aromatic carbocycles.